The maximum Gasteiger partial charge on any atom is 0.254 e. The van der Waals surface area contributed by atoms with Crippen LogP contribution in [0.3, 0.4) is 0 Å². The highest BCUT2D eigenvalue weighted by Gasteiger charge is 2.25. The molecule has 1 amide bonds. The van der Waals surface area contributed by atoms with Gasteiger partial charge in [0.1, 0.15) is 22.9 Å². The summed E-state index contributed by atoms with van der Waals surface area (Å²) < 4.78 is 5.59. The molecule has 34 heavy (non-hydrogen) atoms. The van der Waals surface area contributed by atoms with E-state index < -0.39 is 5.41 Å². The molecule has 2 N–H and O–H groups in total. The number of aromatic nitrogens is 1. The molecule has 0 aliphatic carbocycles. The first-order valence-corrected chi connectivity index (χ1v) is 11.3. The number of hydrogen-bond acceptors (Lipinski definition) is 5. The second-order valence-corrected chi connectivity index (χ2v) is 9.20. The van der Waals surface area contributed by atoms with Crippen LogP contribution in [0.25, 0.3) is 5.76 Å². The Balaban J connectivity index is 1.54. The van der Waals surface area contributed by atoms with Crippen LogP contribution in [0, 0.1) is 0 Å². The zero-order valence-corrected chi connectivity index (χ0v) is 20.1. The number of hydrogen-bond donors (Lipinski definition) is 2. The number of carbonyl (C=O) groups excluding carboxylic acids is 1. The number of carbonyl (C=O) groups is 1. The number of nitrogens with zero attached hydrogens (tertiary/aromatic N) is 2. The SMILES string of the molecule is CC(C)(CNC(=O)c1cc(N2C=COC(c3cccc(O)c3)=C2)cnc1Cl)c1ccccc1Cl. The quantitative estimate of drug-likeness (QED) is 0.403. The third-order valence-electron chi connectivity index (χ3n) is 5.46. The van der Waals surface area contributed by atoms with E-state index in [0.29, 0.717) is 28.6 Å². The molecule has 0 spiro atoms. The summed E-state index contributed by atoms with van der Waals surface area (Å²) in [4.78, 5) is 19.0. The molecular formula is C26H23Cl2N3O3. The molecule has 0 radical (unpaired) electrons. The first kappa shape index (κ1) is 23.7. The van der Waals surface area contributed by atoms with Crippen molar-refractivity contribution in [3.63, 3.8) is 0 Å². The fraction of sp³-hybridized carbons (Fsp3) is 0.154. The second kappa shape index (κ2) is 9.79. The number of pyridine rings is 1. The predicted molar refractivity (Wildman–Crippen MR) is 135 cm³/mol. The highest BCUT2D eigenvalue weighted by molar-refractivity contribution is 6.32. The number of amides is 1. The Morgan fingerprint density at radius 2 is 1.94 bits per heavy atom. The molecule has 6 nitrogen and oxygen atoms in total. The van der Waals surface area contributed by atoms with Crippen LogP contribution in [0.1, 0.15) is 35.3 Å². The Labute approximate surface area is 208 Å². The van der Waals surface area contributed by atoms with E-state index >= 15 is 0 Å². The van der Waals surface area contributed by atoms with E-state index in [9.17, 15) is 9.90 Å². The van der Waals surface area contributed by atoms with Gasteiger partial charge in [0.05, 0.1) is 23.6 Å². The Bertz CT molecular complexity index is 1290. The van der Waals surface area contributed by atoms with Crippen molar-refractivity contribution >= 4 is 40.6 Å². The van der Waals surface area contributed by atoms with E-state index in [4.69, 9.17) is 27.9 Å². The van der Waals surface area contributed by atoms with Gasteiger partial charge in [0.25, 0.3) is 5.91 Å². The van der Waals surface area contributed by atoms with Crippen molar-refractivity contribution in [1.82, 2.24) is 10.3 Å². The lowest BCUT2D eigenvalue weighted by molar-refractivity contribution is 0.0945. The van der Waals surface area contributed by atoms with Crippen LogP contribution in [0.15, 0.2) is 79.5 Å². The first-order valence-electron chi connectivity index (χ1n) is 10.6. The largest absolute Gasteiger partial charge is 0.508 e. The smallest absolute Gasteiger partial charge is 0.254 e. The maximum absolute atomic E-state index is 13.0. The van der Waals surface area contributed by atoms with Crippen molar-refractivity contribution in [2.24, 2.45) is 0 Å². The summed E-state index contributed by atoms with van der Waals surface area (Å²) in [6.07, 6.45) is 6.51. The lowest BCUT2D eigenvalue weighted by Gasteiger charge is -2.27. The Morgan fingerprint density at radius 1 is 1.15 bits per heavy atom. The topological polar surface area (TPSA) is 74.7 Å². The summed E-state index contributed by atoms with van der Waals surface area (Å²) in [5.74, 6) is 0.324. The Kier molecular flexibility index (Phi) is 6.82. The van der Waals surface area contributed by atoms with Crippen LogP contribution >= 0.6 is 23.2 Å². The Morgan fingerprint density at radius 3 is 2.71 bits per heavy atom. The number of nitrogens with one attached hydrogen (secondary N) is 1. The number of phenols is 1. The fourth-order valence-corrected chi connectivity index (χ4v) is 4.15. The van der Waals surface area contributed by atoms with Crippen molar-refractivity contribution in [2.75, 3.05) is 11.4 Å². The molecule has 8 heteroatoms. The first-order chi connectivity index (χ1) is 16.2. The summed E-state index contributed by atoms with van der Waals surface area (Å²) in [5.41, 5.74) is 2.13. The van der Waals surface area contributed by atoms with E-state index in [2.05, 4.69) is 10.3 Å². The van der Waals surface area contributed by atoms with Crippen LogP contribution in [0.4, 0.5) is 5.69 Å². The Hall–Kier alpha value is -3.48. The van der Waals surface area contributed by atoms with Crippen molar-refractivity contribution in [2.45, 2.75) is 19.3 Å². The highest BCUT2D eigenvalue weighted by Crippen LogP contribution is 2.30. The van der Waals surface area contributed by atoms with Crippen LogP contribution in [-0.2, 0) is 10.2 Å². The van der Waals surface area contributed by atoms with E-state index in [-0.39, 0.29) is 22.4 Å². The fourth-order valence-electron chi connectivity index (χ4n) is 3.57. The minimum absolute atomic E-state index is 0.103. The standard InChI is InChI=1S/C26H23Cl2N3O3/c1-26(2,21-8-3-4-9-22(21)27)16-30-25(33)20-13-18(14-29-24(20)28)31-10-11-34-23(15-31)17-6-5-7-19(32)12-17/h3-15,32H,16H2,1-2H3,(H,30,33). The van der Waals surface area contributed by atoms with Gasteiger partial charge in [-0.15, -0.1) is 0 Å². The van der Waals surface area contributed by atoms with E-state index in [1.807, 2.05) is 44.2 Å². The third-order valence-corrected chi connectivity index (χ3v) is 6.10. The number of anilines is 1. The van der Waals surface area contributed by atoms with Gasteiger partial charge in [-0.1, -0.05) is 67.4 Å². The minimum Gasteiger partial charge on any atom is -0.508 e. The molecule has 1 aliphatic heterocycles. The van der Waals surface area contributed by atoms with Crippen molar-refractivity contribution in [1.29, 1.82) is 0 Å². The molecule has 0 fully saturated rings. The molecule has 2 aromatic carbocycles. The second-order valence-electron chi connectivity index (χ2n) is 8.43. The summed E-state index contributed by atoms with van der Waals surface area (Å²) in [5, 5.41) is 13.5. The van der Waals surface area contributed by atoms with Gasteiger partial charge >= 0.3 is 0 Å². The lowest BCUT2D eigenvalue weighted by Crippen LogP contribution is -2.37. The third kappa shape index (κ3) is 5.19. The van der Waals surface area contributed by atoms with E-state index in [1.165, 1.54) is 6.26 Å². The van der Waals surface area contributed by atoms with Crippen LogP contribution in [-0.4, -0.2) is 22.5 Å². The molecule has 0 saturated heterocycles. The summed E-state index contributed by atoms with van der Waals surface area (Å²) in [7, 11) is 0. The van der Waals surface area contributed by atoms with Gasteiger partial charge in [-0.05, 0) is 29.8 Å². The van der Waals surface area contributed by atoms with Gasteiger partial charge in [-0.25, -0.2) is 4.98 Å². The molecule has 0 unspecified atom stereocenters. The number of aromatic hydroxyl groups is 1. The van der Waals surface area contributed by atoms with Crippen molar-refractivity contribution < 1.29 is 14.6 Å². The molecule has 3 aromatic rings. The summed E-state index contributed by atoms with van der Waals surface area (Å²) in [6.45, 7) is 4.38. The summed E-state index contributed by atoms with van der Waals surface area (Å²) >= 11 is 12.6. The summed E-state index contributed by atoms with van der Waals surface area (Å²) in [6, 6.07) is 16.0. The van der Waals surface area contributed by atoms with Crippen molar-refractivity contribution in [3.8, 4) is 5.75 Å². The van der Waals surface area contributed by atoms with E-state index in [0.717, 1.165) is 5.56 Å². The zero-order chi connectivity index (χ0) is 24.3. The van der Waals surface area contributed by atoms with Crippen molar-refractivity contribution in [3.05, 3.63) is 106 Å². The molecule has 2 heterocycles. The van der Waals surface area contributed by atoms with Crippen LogP contribution in [0.2, 0.25) is 10.2 Å². The molecular weight excluding hydrogens is 473 g/mol. The van der Waals surface area contributed by atoms with E-state index in [1.54, 1.807) is 47.8 Å². The molecule has 4 rings (SSSR count). The van der Waals surface area contributed by atoms with Gasteiger partial charge in [-0.2, -0.15) is 0 Å². The monoisotopic (exact) mass is 495 g/mol. The number of phenolic OH excluding ortho intramolecular Hbond substituents is 1. The lowest BCUT2D eigenvalue weighted by atomic mass is 9.84. The normalized spacial score (nSPS) is 13.3. The molecule has 174 valence electrons. The molecule has 0 bridgehead atoms. The number of halogens is 2. The number of rotatable bonds is 6. The number of benzene rings is 2. The zero-order valence-electron chi connectivity index (χ0n) is 18.6. The molecule has 0 saturated carbocycles. The van der Waals surface area contributed by atoms with Gasteiger partial charge in [-0.3, -0.25) is 4.79 Å². The molecule has 1 aromatic heterocycles. The van der Waals surface area contributed by atoms with Crippen LogP contribution < -0.4 is 10.2 Å². The number of ether oxygens (including phenoxy) is 1. The van der Waals surface area contributed by atoms with Gasteiger partial charge in [0.15, 0.2) is 0 Å². The molecule has 0 atom stereocenters. The van der Waals surface area contributed by atoms with Gasteiger partial charge < -0.3 is 20.1 Å². The van der Waals surface area contributed by atoms with Crippen LogP contribution in [0.5, 0.6) is 5.75 Å². The minimum atomic E-state index is -0.392. The average Bonchev–Trinajstić information content (AvgIpc) is 2.83. The average molecular weight is 496 g/mol. The maximum atomic E-state index is 13.0. The van der Waals surface area contributed by atoms with Gasteiger partial charge in [0.2, 0.25) is 0 Å². The predicted octanol–water partition coefficient (Wildman–Crippen LogP) is 6.11. The van der Waals surface area contributed by atoms with Gasteiger partial charge in [0, 0.05) is 28.7 Å². The highest BCUT2D eigenvalue weighted by atomic mass is 35.5. The molecule has 1 aliphatic rings.